The van der Waals surface area contributed by atoms with Crippen molar-refractivity contribution in [1.82, 2.24) is 4.98 Å². The van der Waals surface area contributed by atoms with Crippen molar-refractivity contribution in [3.63, 3.8) is 0 Å². The van der Waals surface area contributed by atoms with Gasteiger partial charge in [0.1, 0.15) is 5.76 Å². The second-order valence-corrected chi connectivity index (χ2v) is 5.46. The van der Waals surface area contributed by atoms with Gasteiger partial charge in [-0.05, 0) is 42.5 Å². The molecule has 1 N–H and O–H groups in total. The van der Waals surface area contributed by atoms with Crippen LogP contribution in [0.4, 0.5) is 18.9 Å². The van der Waals surface area contributed by atoms with Crippen LogP contribution in [-0.4, -0.2) is 10.9 Å². The lowest BCUT2D eigenvalue weighted by Gasteiger charge is -2.09. The Morgan fingerprint density at radius 1 is 1.16 bits per heavy atom. The maximum atomic E-state index is 12.9. The third-order valence-electron chi connectivity index (χ3n) is 3.31. The maximum Gasteiger partial charge on any atom is 0.417 e. The molecule has 4 nitrogen and oxygen atoms in total. The standard InChI is InChI=1S/C17H10ClF3N2O2/c18-13-4-3-10(8-12(13)17(19,20)21)14-5-6-15(25-14)16(24)23-11-2-1-7-22-9-11/h1-9H,(H,23,24). The number of anilines is 1. The molecule has 0 fully saturated rings. The molecule has 2 aromatic heterocycles. The molecule has 1 amide bonds. The zero-order chi connectivity index (χ0) is 18.0. The van der Waals surface area contributed by atoms with Gasteiger partial charge in [-0.3, -0.25) is 9.78 Å². The van der Waals surface area contributed by atoms with E-state index in [1.54, 1.807) is 18.3 Å². The lowest BCUT2D eigenvalue weighted by atomic mass is 10.1. The Balaban J connectivity index is 1.85. The number of aromatic nitrogens is 1. The molecule has 1 aromatic carbocycles. The summed E-state index contributed by atoms with van der Waals surface area (Å²) >= 11 is 5.59. The van der Waals surface area contributed by atoms with Crippen LogP contribution in [0.2, 0.25) is 5.02 Å². The highest BCUT2D eigenvalue weighted by Gasteiger charge is 2.33. The summed E-state index contributed by atoms with van der Waals surface area (Å²) in [5, 5.41) is 2.17. The van der Waals surface area contributed by atoms with E-state index >= 15 is 0 Å². The van der Waals surface area contributed by atoms with Crippen LogP contribution in [0.5, 0.6) is 0 Å². The maximum absolute atomic E-state index is 12.9. The van der Waals surface area contributed by atoms with Gasteiger partial charge in [-0.1, -0.05) is 11.6 Å². The van der Waals surface area contributed by atoms with E-state index < -0.39 is 22.7 Å². The minimum Gasteiger partial charge on any atom is -0.451 e. The number of pyridine rings is 1. The summed E-state index contributed by atoms with van der Waals surface area (Å²) in [5.41, 5.74) is -0.335. The van der Waals surface area contributed by atoms with E-state index in [1.165, 1.54) is 24.4 Å². The van der Waals surface area contributed by atoms with Gasteiger partial charge in [-0.25, -0.2) is 0 Å². The Hall–Kier alpha value is -2.80. The van der Waals surface area contributed by atoms with Crippen molar-refractivity contribution in [3.8, 4) is 11.3 Å². The number of carbonyl (C=O) groups is 1. The van der Waals surface area contributed by atoms with E-state index in [4.69, 9.17) is 16.0 Å². The van der Waals surface area contributed by atoms with Crippen molar-refractivity contribution < 1.29 is 22.4 Å². The monoisotopic (exact) mass is 366 g/mol. The van der Waals surface area contributed by atoms with Crippen molar-refractivity contribution in [2.75, 3.05) is 5.32 Å². The average Bonchev–Trinajstić information content (AvgIpc) is 3.05. The molecule has 0 aliphatic carbocycles. The van der Waals surface area contributed by atoms with Gasteiger partial charge in [0.2, 0.25) is 0 Å². The number of carbonyl (C=O) groups excluding carboxylic acids is 1. The minimum atomic E-state index is -4.58. The Morgan fingerprint density at radius 3 is 2.64 bits per heavy atom. The molecule has 0 aliphatic heterocycles. The normalized spacial score (nSPS) is 11.4. The fourth-order valence-electron chi connectivity index (χ4n) is 2.14. The predicted octanol–water partition coefficient (Wildman–Crippen LogP) is 5.27. The molecule has 0 unspecified atom stereocenters. The average molecular weight is 367 g/mol. The summed E-state index contributed by atoms with van der Waals surface area (Å²) in [6, 6.07) is 9.49. The van der Waals surface area contributed by atoms with Crippen LogP contribution in [-0.2, 0) is 6.18 Å². The molecule has 3 rings (SSSR count). The molecule has 0 bridgehead atoms. The fourth-order valence-corrected chi connectivity index (χ4v) is 2.36. The molecule has 128 valence electrons. The molecule has 8 heteroatoms. The predicted molar refractivity (Wildman–Crippen MR) is 86.3 cm³/mol. The van der Waals surface area contributed by atoms with Gasteiger partial charge in [-0.2, -0.15) is 13.2 Å². The molecule has 0 saturated carbocycles. The number of halogens is 4. The first-order valence-electron chi connectivity index (χ1n) is 7.03. The molecule has 2 heterocycles. The summed E-state index contributed by atoms with van der Waals surface area (Å²) in [6.45, 7) is 0. The van der Waals surface area contributed by atoms with E-state index in [-0.39, 0.29) is 17.1 Å². The number of benzene rings is 1. The second-order valence-electron chi connectivity index (χ2n) is 5.05. The summed E-state index contributed by atoms with van der Waals surface area (Å²) in [5.74, 6) is -0.454. The first-order chi connectivity index (χ1) is 11.8. The quantitative estimate of drug-likeness (QED) is 0.687. The van der Waals surface area contributed by atoms with Gasteiger partial charge in [0.15, 0.2) is 5.76 Å². The third kappa shape index (κ3) is 3.83. The van der Waals surface area contributed by atoms with Gasteiger partial charge < -0.3 is 9.73 Å². The van der Waals surface area contributed by atoms with E-state index in [2.05, 4.69) is 10.3 Å². The molecule has 0 radical (unpaired) electrons. The van der Waals surface area contributed by atoms with Crippen molar-refractivity contribution in [3.05, 3.63) is 71.2 Å². The number of nitrogens with one attached hydrogen (secondary N) is 1. The van der Waals surface area contributed by atoms with Gasteiger partial charge in [-0.15, -0.1) is 0 Å². The van der Waals surface area contributed by atoms with Crippen molar-refractivity contribution in [1.29, 1.82) is 0 Å². The van der Waals surface area contributed by atoms with Crippen LogP contribution >= 0.6 is 11.6 Å². The van der Waals surface area contributed by atoms with E-state index in [1.807, 2.05) is 0 Å². The summed E-state index contributed by atoms with van der Waals surface area (Å²) < 4.78 is 44.2. The summed E-state index contributed by atoms with van der Waals surface area (Å²) in [4.78, 5) is 16.0. The lowest BCUT2D eigenvalue weighted by molar-refractivity contribution is -0.137. The number of furan rings is 1. The lowest BCUT2D eigenvalue weighted by Crippen LogP contribution is -2.10. The van der Waals surface area contributed by atoms with E-state index in [0.29, 0.717) is 5.69 Å². The Morgan fingerprint density at radius 2 is 1.96 bits per heavy atom. The van der Waals surface area contributed by atoms with Crippen LogP contribution in [0.1, 0.15) is 16.1 Å². The van der Waals surface area contributed by atoms with Gasteiger partial charge >= 0.3 is 6.18 Å². The summed E-state index contributed by atoms with van der Waals surface area (Å²) in [7, 11) is 0. The first kappa shape index (κ1) is 17.0. The van der Waals surface area contributed by atoms with Crippen LogP contribution in [0.3, 0.4) is 0 Å². The number of alkyl halides is 3. The van der Waals surface area contributed by atoms with Crippen LogP contribution in [0.15, 0.2) is 59.3 Å². The highest BCUT2D eigenvalue weighted by Crippen LogP contribution is 2.37. The largest absolute Gasteiger partial charge is 0.451 e. The number of amides is 1. The van der Waals surface area contributed by atoms with Crippen molar-refractivity contribution in [2.24, 2.45) is 0 Å². The highest BCUT2D eigenvalue weighted by molar-refractivity contribution is 6.31. The Labute approximate surface area is 145 Å². The zero-order valence-electron chi connectivity index (χ0n) is 12.5. The number of rotatable bonds is 3. The molecule has 0 aliphatic rings. The van der Waals surface area contributed by atoms with Gasteiger partial charge in [0, 0.05) is 11.8 Å². The van der Waals surface area contributed by atoms with Crippen molar-refractivity contribution in [2.45, 2.75) is 6.18 Å². The van der Waals surface area contributed by atoms with Crippen molar-refractivity contribution >= 4 is 23.2 Å². The minimum absolute atomic E-state index is 0.0395. The van der Waals surface area contributed by atoms with E-state index in [0.717, 1.165) is 12.1 Å². The van der Waals surface area contributed by atoms with Crippen LogP contribution in [0.25, 0.3) is 11.3 Å². The van der Waals surface area contributed by atoms with E-state index in [9.17, 15) is 18.0 Å². The van der Waals surface area contributed by atoms with Gasteiger partial charge in [0.05, 0.1) is 22.5 Å². The van der Waals surface area contributed by atoms with Crippen LogP contribution < -0.4 is 5.32 Å². The Kier molecular flexibility index (Phi) is 4.50. The molecule has 25 heavy (non-hydrogen) atoms. The molecular weight excluding hydrogens is 357 g/mol. The third-order valence-corrected chi connectivity index (χ3v) is 3.64. The molecule has 0 atom stereocenters. The number of nitrogens with zero attached hydrogens (tertiary/aromatic N) is 1. The number of hydrogen-bond acceptors (Lipinski definition) is 3. The zero-order valence-corrected chi connectivity index (χ0v) is 13.2. The SMILES string of the molecule is O=C(Nc1cccnc1)c1ccc(-c2ccc(Cl)c(C(F)(F)F)c2)o1. The number of hydrogen-bond donors (Lipinski definition) is 1. The smallest absolute Gasteiger partial charge is 0.417 e. The topological polar surface area (TPSA) is 55.1 Å². The van der Waals surface area contributed by atoms with Gasteiger partial charge in [0.25, 0.3) is 5.91 Å². The van der Waals surface area contributed by atoms with Crippen LogP contribution in [0, 0.1) is 0 Å². The fraction of sp³-hybridized carbons (Fsp3) is 0.0588. The second kappa shape index (κ2) is 6.60. The molecule has 0 spiro atoms. The highest BCUT2D eigenvalue weighted by atomic mass is 35.5. The molecule has 3 aromatic rings. The Bertz CT molecular complexity index is 908. The summed E-state index contributed by atoms with van der Waals surface area (Å²) in [6.07, 6.45) is -1.57. The molecule has 0 saturated heterocycles. The first-order valence-corrected chi connectivity index (χ1v) is 7.41. The molecular formula is C17H10ClF3N2O2.